The van der Waals surface area contributed by atoms with Crippen LogP contribution in [0.15, 0.2) is 0 Å². The smallest absolute Gasteiger partial charge is 0.241 e. The van der Waals surface area contributed by atoms with Crippen LogP contribution in [0.3, 0.4) is 0 Å². The standard InChI is InChI=1S/C13H24N2O2/c1-4-6-11-12(16)15(10(2)14-11)9-13(3)7-5-8-17-13/h10-11,14H,4-9H2,1-3H3. The molecule has 2 aliphatic rings. The van der Waals surface area contributed by atoms with Crippen molar-refractivity contribution >= 4 is 5.91 Å². The Morgan fingerprint density at radius 1 is 1.59 bits per heavy atom. The molecule has 3 unspecified atom stereocenters. The average Bonchev–Trinajstić information content (AvgIpc) is 2.80. The number of hydrogen-bond acceptors (Lipinski definition) is 3. The molecule has 0 aromatic rings. The number of rotatable bonds is 4. The summed E-state index contributed by atoms with van der Waals surface area (Å²) < 4.78 is 5.77. The largest absolute Gasteiger partial charge is 0.373 e. The maximum absolute atomic E-state index is 12.2. The fourth-order valence-electron chi connectivity index (χ4n) is 2.88. The summed E-state index contributed by atoms with van der Waals surface area (Å²) in [6.45, 7) is 7.85. The summed E-state index contributed by atoms with van der Waals surface area (Å²) in [5, 5.41) is 3.37. The van der Waals surface area contributed by atoms with Gasteiger partial charge >= 0.3 is 0 Å². The van der Waals surface area contributed by atoms with Crippen LogP contribution in [-0.4, -0.2) is 41.8 Å². The Hall–Kier alpha value is -0.610. The molecule has 0 spiro atoms. The van der Waals surface area contributed by atoms with Gasteiger partial charge in [-0.05, 0) is 33.1 Å². The minimum absolute atomic E-state index is 0.0139. The number of carbonyl (C=O) groups is 1. The van der Waals surface area contributed by atoms with Crippen LogP contribution in [0, 0.1) is 0 Å². The monoisotopic (exact) mass is 240 g/mol. The summed E-state index contributed by atoms with van der Waals surface area (Å²) in [4.78, 5) is 14.2. The molecule has 98 valence electrons. The fraction of sp³-hybridized carbons (Fsp3) is 0.923. The second-order valence-electron chi connectivity index (χ2n) is 5.55. The first-order chi connectivity index (χ1) is 8.06. The van der Waals surface area contributed by atoms with E-state index >= 15 is 0 Å². The number of hydrogen-bond donors (Lipinski definition) is 1. The Labute approximate surface area is 104 Å². The van der Waals surface area contributed by atoms with E-state index < -0.39 is 0 Å². The third-order valence-electron chi connectivity index (χ3n) is 3.87. The van der Waals surface area contributed by atoms with Gasteiger partial charge in [-0.2, -0.15) is 0 Å². The van der Waals surface area contributed by atoms with Crippen LogP contribution in [0.1, 0.15) is 46.5 Å². The summed E-state index contributed by atoms with van der Waals surface area (Å²) in [6, 6.07) is 0.0139. The molecule has 1 amide bonds. The zero-order valence-electron chi connectivity index (χ0n) is 11.2. The van der Waals surface area contributed by atoms with Crippen LogP contribution in [-0.2, 0) is 9.53 Å². The van der Waals surface area contributed by atoms with Crippen LogP contribution in [0.2, 0.25) is 0 Å². The minimum atomic E-state index is -0.132. The van der Waals surface area contributed by atoms with E-state index in [1.165, 1.54) is 0 Å². The Kier molecular flexibility index (Phi) is 3.73. The lowest BCUT2D eigenvalue weighted by Gasteiger charge is -2.31. The molecule has 1 N–H and O–H groups in total. The molecular formula is C13H24N2O2. The second kappa shape index (κ2) is 4.94. The maximum atomic E-state index is 12.2. The highest BCUT2D eigenvalue weighted by Gasteiger charge is 2.41. The van der Waals surface area contributed by atoms with Crippen molar-refractivity contribution in [2.75, 3.05) is 13.2 Å². The third-order valence-corrected chi connectivity index (χ3v) is 3.87. The first-order valence-corrected chi connectivity index (χ1v) is 6.76. The lowest BCUT2D eigenvalue weighted by Crippen LogP contribution is -2.45. The normalized spacial score (nSPS) is 38.1. The van der Waals surface area contributed by atoms with Crippen molar-refractivity contribution in [1.82, 2.24) is 10.2 Å². The van der Waals surface area contributed by atoms with Gasteiger partial charge in [0.1, 0.15) is 0 Å². The third kappa shape index (κ3) is 2.63. The van der Waals surface area contributed by atoms with Crippen LogP contribution in [0.25, 0.3) is 0 Å². The number of ether oxygens (including phenoxy) is 1. The van der Waals surface area contributed by atoms with E-state index in [1.807, 2.05) is 4.90 Å². The van der Waals surface area contributed by atoms with Gasteiger partial charge in [0.25, 0.3) is 0 Å². The van der Waals surface area contributed by atoms with Crippen molar-refractivity contribution in [2.45, 2.75) is 64.3 Å². The maximum Gasteiger partial charge on any atom is 0.241 e. The van der Waals surface area contributed by atoms with Gasteiger partial charge in [-0.25, -0.2) is 0 Å². The van der Waals surface area contributed by atoms with Gasteiger partial charge in [0.2, 0.25) is 5.91 Å². The molecule has 3 atom stereocenters. The van der Waals surface area contributed by atoms with Gasteiger partial charge in [-0.1, -0.05) is 13.3 Å². The molecule has 0 aliphatic carbocycles. The van der Waals surface area contributed by atoms with E-state index in [0.29, 0.717) is 0 Å². The fourth-order valence-corrected chi connectivity index (χ4v) is 2.88. The van der Waals surface area contributed by atoms with Crippen molar-refractivity contribution < 1.29 is 9.53 Å². The van der Waals surface area contributed by atoms with Gasteiger partial charge in [-0.3, -0.25) is 10.1 Å². The van der Waals surface area contributed by atoms with Gasteiger partial charge in [-0.15, -0.1) is 0 Å². The lowest BCUT2D eigenvalue weighted by atomic mass is 10.0. The summed E-state index contributed by atoms with van der Waals surface area (Å²) in [5.74, 6) is 0.246. The predicted octanol–water partition coefficient (Wildman–Crippen LogP) is 1.50. The number of carbonyl (C=O) groups excluding carboxylic acids is 1. The molecule has 0 saturated carbocycles. The molecule has 4 heteroatoms. The van der Waals surface area contributed by atoms with E-state index in [4.69, 9.17) is 4.74 Å². The SMILES string of the molecule is CCCC1NC(C)N(CC2(C)CCCO2)C1=O. The van der Waals surface area contributed by atoms with Gasteiger partial charge in [0.15, 0.2) is 0 Å². The highest BCUT2D eigenvalue weighted by molar-refractivity contribution is 5.84. The molecule has 0 bridgehead atoms. The van der Waals surface area contributed by atoms with E-state index in [1.54, 1.807) is 0 Å². The number of nitrogens with one attached hydrogen (secondary N) is 1. The molecular weight excluding hydrogens is 216 g/mol. The highest BCUT2D eigenvalue weighted by atomic mass is 16.5. The molecule has 0 aromatic heterocycles. The van der Waals surface area contributed by atoms with E-state index in [-0.39, 0.29) is 23.7 Å². The van der Waals surface area contributed by atoms with Crippen molar-refractivity contribution in [3.63, 3.8) is 0 Å². The zero-order valence-corrected chi connectivity index (χ0v) is 11.2. The first-order valence-electron chi connectivity index (χ1n) is 6.76. The van der Waals surface area contributed by atoms with Crippen molar-refractivity contribution in [3.8, 4) is 0 Å². The van der Waals surface area contributed by atoms with Crippen molar-refractivity contribution in [2.24, 2.45) is 0 Å². The van der Waals surface area contributed by atoms with Gasteiger partial charge in [0, 0.05) is 6.61 Å². The van der Waals surface area contributed by atoms with Crippen molar-refractivity contribution in [1.29, 1.82) is 0 Å². The molecule has 2 aliphatic heterocycles. The molecule has 4 nitrogen and oxygen atoms in total. The van der Waals surface area contributed by atoms with E-state index in [9.17, 15) is 4.79 Å². The lowest BCUT2D eigenvalue weighted by molar-refractivity contribution is -0.133. The predicted molar refractivity (Wildman–Crippen MR) is 66.6 cm³/mol. The Bertz CT molecular complexity index is 287. The van der Waals surface area contributed by atoms with Crippen LogP contribution in [0.5, 0.6) is 0 Å². The highest BCUT2D eigenvalue weighted by Crippen LogP contribution is 2.28. The Balaban J connectivity index is 1.98. The number of nitrogens with zero attached hydrogens (tertiary/aromatic N) is 1. The zero-order chi connectivity index (χ0) is 12.5. The molecule has 2 rings (SSSR count). The van der Waals surface area contributed by atoms with Crippen LogP contribution < -0.4 is 5.32 Å². The average molecular weight is 240 g/mol. The van der Waals surface area contributed by atoms with Gasteiger partial charge in [0.05, 0.1) is 24.4 Å². The van der Waals surface area contributed by atoms with Gasteiger partial charge < -0.3 is 9.64 Å². The Morgan fingerprint density at radius 2 is 2.35 bits per heavy atom. The molecule has 17 heavy (non-hydrogen) atoms. The molecule has 0 aromatic carbocycles. The summed E-state index contributed by atoms with van der Waals surface area (Å²) in [7, 11) is 0. The molecule has 0 radical (unpaired) electrons. The summed E-state index contributed by atoms with van der Waals surface area (Å²) in [5.41, 5.74) is -0.132. The topological polar surface area (TPSA) is 41.6 Å². The molecule has 2 heterocycles. The summed E-state index contributed by atoms with van der Waals surface area (Å²) >= 11 is 0. The Morgan fingerprint density at radius 3 is 2.94 bits per heavy atom. The van der Waals surface area contributed by atoms with Crippen LogP contribution in [0.4, 0.5) is 0 Å². The number of amides is 1. The van der Waals surface area contributed by atoms with Crippen LogP contribution >= 0.6 is 0 Å². The minimum Gasteiger partial charge on any atom is -0.373 e. The second-order valence-corrected chi connectivity index (χ2v) is 5.55. The summed E-state index contributed by atoms with van der Waals surface area (Å²) in [6.07, 6.45) is 4.27. The van der Waals surface area contributed by atoms with E-state index in [2.05, 4.69) is 26.1 Å². The first kappa shape index (κ1) is 12.8. The molecule has 2 saturated heterocycles. The quantitative estimate of drug-likeness (QED) is 0.809. The molecule has 2 fully saturated rings. The van der Waals surface area contributed by atoms with Crippen molar-refractivity contribution in [3.05, 3.63) is 0 Å². The van der Waals surface area contributed by atoms with E-state index in [0.717, 1.165) is 38.8 Å².